The van der Waals surface area contributed by atoms with E-state index in [1.165, 1.54) is 51.4 Å². The molecule has 0 saturated heterocycles. The minimum atomic E-state index is -0.273. The summed E-state index contributed by atoms with van der Waals surface area (Å²) in [6.07, 6.45) is 11.9. The predicted molar refractivity (Wildman–Crippen MR) is 77.8 cm³/mol. The molecule has 0 aliphatic heterocycles. The Kier molecular flexibility index (Phi) is 2.27. The van der Waals surface area contributed by atoms with Crippen LogP contribution in [0.4, 0.5) is 0 Å². The van der Waals surface area contributed by atoms with Crippen molar-refractivity contribution in [1.29, 1.82) is 0 Å². The smallest absolute Gasteiger partial charge is 0.0737 e. The lowest BCUT2D eigenvalue weighted by atomic mass is 9.38. The molecule has 5 rings (SSSR count). The second-order valence-electron chi connectivity index (χ2n) is 9.52. The molecule has 0 spiro atoms. The van der Waals surface area contributed by atoms with E-state index in [1.54, 1.807) is 0 Å². The molecule has 5 saturated carbocycles. The maximum atomic E-state index is 11.3. The Balaban J connectivity index is 1.68. The SMILES string of the molecule is CCCC1CC1(O)C12CC3CC(C)(CC(C)(C3)C1)C2. The van der Waals surface area contributed by atoms with E-state index in [1.807, 2.05) is 0 Å². The van der Waals surface area contributed by atoms with Crippen LogP contribution in [0.1, 0.15) is 78.6 Å². The van der Waals surface area contributed by atoms with E-state index in [9.17, 15) is 5.11 Å². The molecule has 4 unspecified atom stereocenters. The van der Waals surface area contributed by atoms with Gasteiger partial charge in [0, 0.05) is 5.41 Å². The molecule has 0 amide bonds. The van der Waals surface area contributed by atoms with Gasteiger partial charge in [0.2, 0.25) is 0 Å². The Hall–Kier alpha value is -0.0400. The van der Waals surface area contributed by atoms with Gasteiger partial charge in [-0.1, -0.05) is 27.2 Å². The van der Waals surface area contributed by atoms with Gasteiger partial charge in [-0.05, 0) is 74.0 Å². The summed E-state index contributed by atoms with van der Waals surface area (Å²) in [5.74, 6) is 1.54. The van der Waals surface area contributed by atoms with Crippen molar-refractivity contribution in [3.63, 3.8) is 0 Å². The van der Waals surface area contributed by atoms with E-state index >= 15 is 0 Å². The van der Waals surface area contributed by atoms with Crippen molar-refractivity contribution in [3.8, 4) is 0 Å². The molecule has 1 heteroatoms. The van der Waals surface area contributed by atoms with Crippen LogP contribution >= 0.6 is 0 Å². The van der Waals surface area contributed by atoms with Crippen molar-refractivity contribution < 1.29 is 5.11 Å². The van der Waals surface area contributed by atoms with E-state index in [-0.39, 0.29) is 5.60 Å². The van der Waals surface area contributed by atoms with Crippen LogP contribution in [0.15, 0.2) is 0 Å². The highest BCUT2D eigenvalue weighted by Crippen LogP contribution is 2.76. The zero-order chi connectivity index (χ0) is 13.5. The molecule has 1 N–H and O–H groups in total. The summed E-state index contributed by atoms with van der Waals surface area (Å²) in [4.78, 5) is 0. The lowest BCUT2D eigenvalue weighted by molar-refractivity contribution is -0.198. The molecule has 4 atom stereocenters. The monoisotopic (exact) mass is 262 g/mol. The van der Waals surface area contributed by atoms with Crippen LogP contribution in [0.5, 0.6) is 0 Å². The summed E-state index contributed by atoms with van der Waals surface area (Å²) in [5, 5.41) is 11.3. The standard InChI is InChI=1S/C18H30O/c1-4-5-14-9-18(14,19)17-8-13-6-15(2,11-17)10-16(3,7-13)12-17/h13-14,19H,4-12H2,1-3H3. The highest BCUT2D eigenvalue weighted by atomic mass is 16.3. The van der Waals surface area contributed by atoms with Crippen molar-refractivity contribution in [2.75, 3.05) is 0 Å². The maximum Gasteiger partial charge on any atom is 0.0737 e. The molecule has 0 heterocycles. The van der Waals surface area contributed by atoms with E-state index in [2.05, 4.69) is 20.8 Å². The van der Waals surface area contributed by atoms with Gasteiger partial charge in [-0.15, -0.1) is 0 Å². The van der Waals surface area contributed by atoms with Gasteiger partial charge in [0.05, 0.1) is 5.60 Å². The largest absolute Gasteiger partial charge is 0.389 e. The lowest BCUT2D eigenvalue weighted by Gasteiger charge is -2.67. The molecular weight excluding hydrogens is 232 g/mol. The first-order valence-electron chi connectivity index (χ1n) is 8.55. The van der Waals surface area contributed by atoms with Crippen molar-refractivity contribution >= 4 is 0 Å². The van der Waals surface area contributed by atoms with Gasteiger partial charge in [-0.3, -0.25) is 0 Å². The minimum absolute atomic E-state index is 0.273. The first-order valence-corrected chi connectivity index (χ1v) is 8.55. The molecule has 4 bridgehead atoms. The second kappa shape index (κ2) is 3.40. The van der Waals surface area contributed by atoms with Crippen molar-refractivity contribution in [2.24, 2.45) is 28.1 Å². The number of aliphatic hydroxyl groups is 1. The number of hydrogen-bond acceptors (Lipinski definition) is 1. The molecule has 108 valence electrons. The van der Waals surface area contributed by atoms with Gasteiger partial charge in [0.15, 0.2) is 0 Å². The summed E-state index contributed by atoms with van der Waals surface area (Å²) in [6.45, 7) is 7.30. The number of rotatable bonds is 3. The first-order chi connectivity index (χ1) is 8.82. The summed E-state index contributed by atoms with van der Waals surface area (Å²) in [5.41, 5.74) is 1.12. The molecule has 1 nitrogen and oxygen atoms in total. The zero-order valence-corrected chi connectivity index (χ0v) is 13.0. The van der Waals surface area contributed by atoms with Crippen molar-refractivity contribution in [1.82, 2.24) is 0 Å². The van der Waals surface area contributed by atoms with E-state index in [0.29, 0.717) is 22.2 Å². The highest BCUT2D eigenvalue weighted by Gasteiger charge is 2.72. The molecule has 5 aliphatic carbocycles. The Bertz CT molecular complexity index is 396. The van der Waals surface area contributed by atoms with Crippen LogP contribution in [0, 0.1) is 28.1 Å². The van der Waals surface area contributed by atoms with Gasteiger partial charge < -0.3 is 5.11 Å². The summed E-state index contributed by atoms with van der Waals surface area (Å²) < 4.78 is 0. The predicted octanol–water partition coefficient (Wildman–Crippen LogP) is 4.53. The molecule has 0 aromatic carbocycles. The van der Waals surface area contributed by atoms with Crippen LogP contribution in [-0.4, -0.2) is 10.7 Å². The fraction of sp³-hybridized carbons (Fsp3) is 1.00. The molecule has 5 fully saturated rings. The van der Waals surface area contributed by atoms with E-state index < -0.39 is 0 Å². The topological polar surface area (TPSA) is 20.2 Å². The van der Waals surface area contributed by atoms with Crippen LogP contribution < -0.4 is 0 Å². The highest BCUT2D eigenvalue weighted by molar-refractivity contribution is 5.22. The van der Waals surface area contributed by atoms with Gasteiger partial charge in [0.1, 0.15) is 0 Å². The molecule has 19 heavy (non-hydrogen) atoms. The van der Waals surface area contributed by atoms with Crippen LogP contribution in [0.2, 0.25) is 0 Å². The Morgan fingerprint density at radius 2 is 1.58 bits per heavy atom. The van der Waals surface area contributed by atoms with Crippen molar-refractivity contribution in [2.45, 2.75) is 84.2 Å². The Morgan fingerprint density at radius 3 is 2.11 bits per heavy atom. The average Bonchev–Trinajstić information content (AvgIpc) is 2.86. The normalized spacial score (nSPS) is 62.5. The molecule has 5 aliphatic rings. The van der Waals surface area contributed by atoms with E-state index in [4.69, 9.17) is 0 Å². The molecule has 0 radical (unpaired) electrons. The summed E-state index contributed by atoms with van der Waals surface area (Å²) in [6, 6.07) is 0. The molecular formula is C18H30O. The third kappa shape index (κ3) is 1.57. The lowest BCUT2D eigenvalue weighted by Crippen LogP contribution is -2.60. The van der Waals surface area contributed by atoms with Crippen LogP contribution in [-0.2, 0) is 0 Å². The van der Waals surface area contributed by atoms with Crippen LogP contribution in [0.3, 0.4) is 0 Å². The Morgan fingerprint density at radius 1 is 0.947 bits per heavy atom. The first kappa shape index (κ1) is 12.7. The van der Waals surface area contributed by atoms with Gasteiger partial charge in [0.25, 0.3) is 0 Å². The fourth-order valence-electron chi connectivity index (χ4n) is 7.59. The van der Waals surface area contributed by atoms with Crippen molar-refractivity contribution in [3.05, 3.63) is 0 Å². The van der Waals surface area contributed by atoms with E-state index in [0.717, 1.165) is 12.3 Å². The summed E-state index contributed by atoms with van der Waals surface area (Å²) in [7, 11) is 0. The quantitative estimate of drug-likeness (QED) is 0.792. The van der Waals surface area contributed by atoms with Gasteiger partial charge >= 0.3 is 0 Å². The zero-order valence-electron chi connectivity index (χ0n) is 13.0. The maximum absolute atomic E-state index is 11.3. The minimum Gasteiger partial charge on any atom is -0.389 e. The second-order valence-corrected chi connectivity index (χ2v) is 9.52. The molecule has 0 aromatic heterocycles. The third-order valence-electron chi connectivity index (χ3n) is 7.25. The van der Waals surface area contributed by atoms with Gasteiger partial charge in [-0.2, -0.15) is 0 Å². The average molecular weight is 262 g/mol. The fourth-order valence-corrected chi connectivity index (χ4v) is 7.59. The molecule has 0 aromatic rings. The Labute approximate surface area is 118 Å². The third-order valence-corrected chi connectivity index (χ3v) is 7.25. The van der Waals surface area contributed by atoms with Gasteiger partial charge in [-0.25, -0.2) is 0 Å². The summed E-state index contributed by atoms with van der Waals surface area (Å²) >= 11 is 0. The van der Waals surface area contributed by atoms with Crippen LogP contribution in [0.25, 0.3) is 0 Å². The number of hydrogen-bond donors (Lipinski definition) is 1.